The van der Waals surface area contributed by atoms with Crippen LogP contribution in [0.2, 0.25) is 0 Å². The van der Waals surface area contributed by atoms with Gasteiger partial charge in [-0.05, 0) is 40.5 Å². The van der Waals surface area contributed by atoms with Gasteiger partial charge in [-0.2, -0.15) is 0 Å². The van der Waals surface area contributed by atoms with Gasteiger partial charge in [0.25, 0.3) is 0 Å². The standard InChI is InChI=1S/C10H10BrFO3S/c1-6(10(13)14)16(15)5-7-2-3-9(12)8(11)4-7/h2-4,6H,5H2,1H3,(H,13,14). The first-order valence-electron chi connectivity index (χ1n) is 4.45. The topological polar surface area (TPSA) is 54.4 Å². The maximum Gasteiger partial charge on any atom is 0.318 e. The molecule has 0 aliphatic carbocycles. The number of carboxylic acids is 1. The first-order valence-corrected chi connectivity index (χ1v) is 6.63. The molecule has 1 N–H and O–H groups in total. The molecule has 3 nitrogen and oxygen atoms in total. The summed E-state index contributed by atoms with van der Waals surface area (Å²) in [5.74, 6) is -1.40. The van der Waals surface area contributed by atoms with Crippen molar-refractivity contribution in [1.82, 2.24) is 0 Å². The Kier molecular flexibility index (Phi) is 4.61. The first-order chi connectivity index (χ1) is 7.41. The molecule has 6 heteroatoms. The summed E-state index contributed by atoms with van der Waals surface area (Å²) < 4.78 is 24.8. The molecule has 0 saturated heterocycles. The third-order valence-corrected chi connectivity index (χ3v) is 4.25. The lowest BCUT2D eigenvalue weighted by Gasteiger charge is -2.07. The SMILES string of the molecule is CC(C(=O)O)S(=O)Cc1ccc(F)c(Br)c1. The molecule has 2 unspecified atom stereocenters. The molecule has 0 spiro atoms. The van der Waals surface area contributed by atoms with Crippen LogP contribution in [0.25, 0.3) is 0 Å². The van der Waals surface area contributed by atoms with E-state index >= 15 is 0 Å². The van der Waals surface area contributed by atoms with Crippen molar-refractivity contribution in [2.45, 2.75) is 17.9 Å². The van der Waals surface area contributed by atoms with E-state index in [-0.39, 0.29) is 10.2 Å². The highest BCUT2D eigenvalue weighted by molar-refractivity contribution is 9.10. The van der Waals surface area contributed by atoms with Crippen LogP contribution in [0.1, 0.15) is 12.5 Å². The van der Waals surface area contributed by atoms with E-state index in [0.29, 0.717) is 5.56 Å². The lowest BCUT2D eigenvalue weighted by Crippen LogP contribution is -2.22. The largest absolute Gasteiger partial charge is 0.480 e. The zero-order chi connectivity index (χ0) is 12.3. The summed E-state index contributed by atoms with van der Waals surface area (Å²) in [6, 6.07) is 4.25. The number of benzene rings is 1. The molecule has 1 rings (SSSR count). The summed E-state index contributed by atoms with van der Waals surface area (Å²) in [4.78, 5) is 10.6. The van der Waals surface area contributed by atoms with Gasteiger partial charge in [0, 0.05) is 16.6 Å². The number of carbonyl (C=O) groups is 1. The monoisotopic (exact) mass is 308 g/mol. The molecule has 16 heavy (non-hydrogen) atoms. The number of hydrogen-bond acceptors (Lipinski definition) is 2. The van der Waals surface area contributed by atoms with Crippen molar-refractivity contribution in [3.05, 3.63) is 34.1 Å². The fourth-order valence-electron chi connectivity index (χ4n) is 1.03. The van der Waals surface area contributed by atoms with Crippen LogP contribution in [0.4, 0.5) is 4.39 Å². The molecule has 0 aliphatic rings. The van der Waals surface area contributed by atoms with Gasteiger partial charge < -0.3 is 5.11 Å². The lowest BCUT2D eigenvalue weighted by atomic mass is 10.2. The smallest absolute Gasteiger partial charge is 0.318 e. The summed E-state index contributed by atoms with van der Waals surface area (Å²) in [6.45, 7) is 1.39. The summed E-state index contributed by atoms with van der Waals surface area (Å²) in [5, 5.41) is 7.74. The van der Waals surface area contributed by atoms with E-state index in [4.69, 9.17) is 5.11 Å². The Morgan fingerprint density at radius 1 is 1.62 bits per heavy atom. The quantitative estimate of drug-likeness (QED) is 0.928. The van der Waals surface area contributed by atoms with E-state index in [0.717, 1.165) is 0 Å². The van der Waals surface area contributed by atoms with E-state index < -0.39 is 27.8 Å². The number of carboxylic acid groups (broad SMARTS) is 1. The molecule has 0 radical (unpaired) electrons. The molecule has 0 aromatic heterocycles. The van der Waals surface area contributed by atoms with Crippen molar-refractivity contribution < 1.29 is 18.5 Å². The lowest BCUT2D eigenvalue weighted by molar-refractivity contribution is -0.136. The average Bonchev–Trinajstić information content (AvgIpc) is 2.22. The maximum absolute atomic E-state index is 12.9. The highest BCUT2D eigenvalue weighted by Crippen LogP contribution is 2.18. The van der Waals surface area contributed by atoms with Crippen LogP contribution in [0, 0.1) is 5.82 Å². The number of halogens is 2. The number of aliphatic carboxylic acids is 1. The molecule has 1 aromatic rings. The minimum atomic E-state index is -1.50. The van der Waals surface area contributed by atoms with Crippen LogP contribution in [0.5, 0.6) is 0 Å². The van der Waals surface area contributed by atoms with E-state index in [1.54, 1.807) is 0 Å². The van der Waals surface area contributed by atoms with Gasteiger partial charge in [0.2, 0.25) is 0 Å². The molecule has 0 fully saturated rings. The molecule has 0 heterocycles. The first kappa shape index (κ1) is 13.3. The van der Waals surface area contributed by atoms with Gasteiger partial charge in [-0.15, -0.1) is 0 Å². The Hall–Kier alpha value is -0.750. The molecule has 2 atom stereocenters. The van der Waals surface area contributed by atoms with Crippen LogP contribution < -0.4 is 0 Å². The molecule has 0 amide bonds. The van der Waals surface area contributed by atoms with Crippen LogP contribution in [-0.2, 0) is 21.3 Å². The van der Waals surface area contributed by atoms with Crippen LogP contribution in [0.15, 0.2) is 22.7 Å². The van der Waals surface area contributed by atoms with Crippen LogP contribution in [-0.4, -0.2) is 20.5 Å². The number of hydrogen-bond donors (Lipinski definition) is 1. The predicted molar refractivity (Wildman–Crippen MR) is 63.0 cm³/mol. The van der Waals surface area contributed by atoms with Crippen molar-refractivity contribution >= 4 is 32.7 Å². The third-order valence-electron chi connectivity index (χ3n) is 2.04. The van der Waals surface area contributed by atoms with Crippen molar-refractivity contribution in [3.63, 3.8) is 0 Å². The minimum Gasteiger partial charge on any atom is -0.480 e. The molecular weight excluding hydrogens is 299 g/mol. The Morgan fingerprint density at radius 3 is 2.75 bits per heavy atom. The van der Waals surface area contributed by atoms with Crippen molar-refractivity contribution in [1.29, 1.82) is 0 Å². The van der Waals surface area contributed by atoms with Crippen molar-refractivity contribution in [2.24, 2.45) is 0 Å². The fraction of sp³-hybridized carbons (Fsp3) is 0.300. The van der Waals surface area contributed by atoms with E-state index in [2.05, 4.69) is 15.9 Å². The summed E-state index contributed by atoms with van der Waals surface area (Å²) >= 11 is 3.01. The molecule has 0 bridgehead atoms. The maximum atomic E-state index is 12.9. The highest BCUT2D eigenvalue weighted by Gasteiger charge is 2.19. The Labute approximate surface area is 103 Å². The van der Waals surface area contributed by atoms with E-state index in [1.165, 1.54) is 25.1 Å². The Morgan fingerprint density at radius 2 is 2.25 bits per heavy atom. The van der Waals surface area contributed by atoms with Gasteiger partial charge in [0.15, 0.2) is 0 Å². The normalized spacial score (nSPS) is 14.4. The Bertz CT molecular complexity index is 436. The van der Waals surface area contributed by atoms with E-state index in [9.17, 15) is 13.4 Å². The molecule has 1 aromatic carbocycles. The van der Waals surface area contributed by atoms with Gasteiger partial charge in [-0.1, -0.05) is 6.07 Å². The zero-order valence-corrected chi connectivity index (χ0v) is 10.8. The van der Waals surface area contributed by atoms with Crippen LogP contribution in [0.3, 0.4) is 0 Å². The minimum absolute atomic E-state index is 0.104. The third kappa shape index (κ3) is 3.38. The summed E-state index contributed by atoms with van der Waals surface area (Å²) in [6.07, 6.45) is 0. The van der Waals surface area contributed by atoms with Gasteiger partial charge in [0.05, 0.1) is 4.47 Å². The molecule has 0 aliphatic heterocycles. The van der Waals surface area contributed by atoms with Gasteiger partial charge >= 0.3 is 5.97 Å². The summed E-state index contributed by atoms with van der Waals surface area (Å²) in [7, 11) is -1.50. The van der Waals surface area contributed by atoms with Crippen molar-refractivity contribution in [2.75, 3.05) is 0 Å². The van der Waals surface area contributed by atoms with Crippen molar-refractivity contribution in [3.8, 4) is 0 Å². The fourth-order valence-corrected chi connectivity index (χ4v) is 2.44. The molecule has 0 saturated carbocycles. The van der Waals surface area contributed by atoms with Gasteiger partial charge in [0.1, 0.15) is 11.1 Å². The highest BCUT2D eigenvalue weighted by atomic mass is 79.9. The summed E-state index contributed by atoms with van der Waals surface area (Å²) in [5.41, 5.74) is 0.639. The average molecular weight is 309 g/mol. The van der Waals surface area contributed by atoms with E-state index in [1.807, 2.05) is 0 Å². The number of rotatable bonds is 4. The molecular formula is C10H10BrFO3S. The second-order valence-electron chi connectivity index (χ2n) is 3.25. The predicted octanol–water partition coefficient (Wildman–Crippen LogP) is 2.31. The second kappa shape index (κ2) is 5.54. The van der Waals surface area contributed by atoms with Crippen LogP contribution >= 0.6 is 15.9 Å². The van der Waals surface area contributed by atoms with Gasteiger partial charge in [-0.3, -0.25) is 9.00 Å². The van der Waals surface area contributed by atoms with Gasteiger partial charge in [-0.25, -0.2) is 4.39 Å². The molecule has 88 valence electrons. The zero-order valence-electron chi connectivity index (χ0n) is 8.44. The second-order valence-corrected chi connectivity index (χ2v) is 5.87. The Balaban J connectivity index is 2.77.